The van der Waals surface area contributed by atoms with Crippen LogP contribution in [0.15, 0.2) is 47.4 Å². The van der Waals surface area contributed by atoms with E-state index in [1.54, 1.807) is 31.4 Å². The van der Waals surface area contributed by atoms with Crippen LogP contribution < -0.4 is 15.2 Å². The van der Waals surface area contributed by atoms with E-state index in [0.717, 1.165) is 28.2 Å². The first-order valence-electron chi connectivity index (χ1n) is 6.56. The Balaban J connectivity index is 0.000000224. The average molecular weight is 320 g/mol. The monoisotopic (exact) mass is 320 g/mol. The zero-order valence-corrected chi connectivity index (χ0v) is 13.4. The summed E-state index contributed by atoms with van der Waals surface area (Å²) >= 11 is 1.19. The minimum absolute atomic E-state index is 0.0122. The summed E-state index contributed by atoms with van der Waals surface area (Å²) in [6.45, 7) is -0.0122. The molecule has 2 aromatic carbocycles. The lowest BCUT2D eigenvalue weighted by Gasteiger charge is -2.07. The summed E-state index contributed by atoms with van der Waals surface area (Å²) in [5.74, 6) is 0.800. The van der Waals surface area contributed by atoms with E-state index < -0.39 is 0 Å². The van der Waals surface area contributed by atoms with Crippen molar-refractivity contribution in [3.63, 3.8) is 0 Å². The molecular formula is C16H20N2O3S. The Morgan fingerprint density at radius 1 is 1.32 bits per heavy atom. The predicted octanol–water partition coefficient (Wildman–Crippen LogP) is 2.69. The van der Waals surface area contributed by atoms with Crippen molar-refractivity contribution in [2.75, 3.05) is 19.5 Å². The summed E-state index contributed by atoms with van der Waals surface area (Å²) in [6.07, 6.45) is 0.763. The molecule has 0 aromatic heterocycles. The van der Waals surface area contributed by atoms with E-state index in [4.69, 9.17) is 15.0 Å². The molecule has 4 N–H and O–H groups in total. The molecule has 2 rings (SSSR count). The number of hydrogen-bond donors (Lipinski definition) is 3. The third kappa shape index (κ3) is 5.40. The van der Waals surface area contributed by atoms with Gasteiger partial charge in [0.2, 0.25) is 0 Å². The van der Waals surface area contributed by atoms with Gasteiger partial charge in [-0.15, -0.1) is 0 Å². The van der Waals surface area contributed by atoms with Crippen LogP contribution in [0.1, 0.15) is 15.9 Å². The summed E-state index contributed by atoms with van der Waals surface area (Å²) in [4.78, 5) is 11.1. The van der Waals surface area contributed by atoms with Crippen LogP contribution in [0.5, 0.6) is 5.75 Å². The molecule has 22 heavy (non-hydrogen) atoms. The molecule has 0 saturated heterocycles. The number of rotatable bonds is 5. The van der Waals surface area contributed by atoms with Crippen molar-refractivity contribution in [1.29, 1.82) is 0 Å². The lowest BCUT2D eigenvalue weighted by molar-refractivity contribution is 0.112. The molecule has 0 amide bonds. The van der Waals surface area contributed by atoms with E-state index in [1.165, 1.54) is 11.9 Å². The smallest absolute Gasteiger partial charge is 0.150 e. The van der Waals surface area contributed by atoms with E-state index in [0.29, 0.717) is 5.56 Å². The van der Waals surface area contributed by atoms with Gasteiger partial charge in [-0.1, -0.05) is 18.2 Å². The van der Waals surface area contributed by atoms with Gasteiger partial charge in [0.1, 0.15) is 12.0 Å². The lowest BCUT2D eigenvalue weighted by atomic mass is 10.1. The van der Waals surface area contributed by atoms with Gasteiger partial charge in [0.15, 0.2) is 0 Å². The van der Waals surface area contributed by atoms with Gasteiger partial charge in [0.05, 0.1) is 18.6 Å². The number of benzene rings is 2. The second-order valence-corrected chi connectivity index (χ2v) is 4.93. The van der Waals surface area contributed by atoms with Crippen molar-refractivity contribution >= 4 is 23.9 Å². The summed E-state index contributed by atoms with van der Waals surface area (Å²) in [6, 6.07) is 12.7. The zero-order valence-electron chi connectivity index (χ0n) is 12.6. The summed E-state index contributed by atoms with van der Waals surface area (Å²) < 4.78 is 5.14. The highest BCUT2D eigenvalue weighted by atomic mass is 32.2. The molecule has 5 nitrogen and oxygen atoms in total. The standard InChI is InChI=1S/C8H12N2OS.C8H8O2/c1-10-6-3-4-8(12-9)7(5-6)11-2;9-5-7-2-1-3-8(4-7)6-10/h3-5,10H,9H2,1-2H3;1-5,10H,6H2. The maximum absolute atomic E-state index is 10.2. The normalized spacial score (nSPS) is 9.45. The largest absolute Gasteiger partial charge is 0.495 e. The summed E-state index contributed by atoms with van der Waals surface area (Å²) in [7, 11) is 3.50. The van der Waals surface area contributed by atoms with Gasteiger partial charge in [-0.05, 0) is 35.7 Å². The highest BCUT2D eigenvalue weighted by Crippen LogP contribution is 2.28. The third-order valence-corrected chi connectivity index (χ3v) is 3.44. The second-order valence-electron chi connectivity index (χ2n) is 4.25. The first-order valence-corrected chi connectivity index (χ1v) is 7.44. The van der Waals surface area contributed by atoms with Crippen molar-refractivity contribution in [2.45, 2.75) is 11.5 Å². The van der Waals surface area contributed by atoms with Crippen LogP contribution in [0.4, 0.5) is 5.69 Å². The van der Waals surface area contributed by atoms with E-state index >= 15 is 0 Å². The first-order chi connectivity index (χ1) is 10.7. The van der Waals surface area contributed by atoms with Gasteiger partial charge >= 0.3 is 0 Å². The molecule has 0 aliphatic rings. The average Bonchev–Trinajstić information content (AvgIpc) is 2.61. The number of nitrogens with two attached hydrogens (primary N) is 1. The Labute approximate surface area is 134 Å². The maximum atomic E-state index is 10.2. The highest BCUT2D eigenvalue weighted by Gasteiger charge is 2.01. The van der Waals surface area contributed by atoms with Gasteiger partial charge in [-0.25, -0.2) is 0 Å². The van der Waals surface area contributed by atoms with Crippen LogP contribution in [0.25, 0.3) is 0 Å². The molecule has 0 bridgehead atoms. The molecular weight excluding hydrogens is 300 g/mol. The number of nitrogens with one attached hydrogen (secondary N) is 1. The van der Waals surface area contributed by atoms with Crippen LogP contribution in [0, 0.1) is 0 Å². The lowest BCUT2D eigenvalue weighted by Crippen LogP contribution is -1.92. The fourth-order valence-corrected chi connectivity index (χ4v) is 2.09. The molecule has 118 valence electrons. The fraction of sp³-hybridized carbons (Fsp3) is 0.188. The van der Waals surface area contributed by atoms with Crippen LogP contribution in [-0.2, 0) is 6.61 Å². The third-order valence-electron chi connectivity index (χ3n) is 2.85. The number of aliphatic hydroxyl groups is 1. The quantitative estimate of drug-likeness (QED) is 0.580. The molecule has 0 aliphatic carbocycles. The van der Waals surface area contributed by atoms with E-state index in [1.807, 2.05) is 25.2 Å². The Morgan fingerprint density at radius 3 is 2.64 bits per heavy atom. The number of methoxy groups -OCH3 is 1. The fourth-order valence-electron chi connectivity index (χ4n) is 1.69. The van der Waals surface area contributed by atoms with Gasteiger partial charge in [-0.3, -0.25) is 9.93 Å². The topological polar surface area (TPSA) is 84.6 Å². The van der Waals surface area contributed by atoms with Crippen LogP contribution >= 0.6 is 11.9 Å². The number of carbonyl (C=O) groups is 1. The Bertz CT molecular complexity index is 606. The molecule has 2 aromatic rings. The Morgan fingerprint density at radius 2 is 2.09 bits per heavy atom. The second kappa shape index (κ2) is 9.83. The van der Waals surface area contributed by atoms with Crippen LogP contribution in [0.3, 0.4) is 0 Å². The highest BCUT2D eigenvalue weighted by molar-refractivity contribution is 7.97. The van der Waals surface area contributed by atoms with Gasteiger partial charge in [-0.2, -0.15) is 0 Å². The molecule has 0 fully saturated rings. The molecule has 0 spiro atoms. The molecule has 0 heterocycles. The van der Waals surface area contributed by atoms with Crippen LogP contribution in [-0.4, -0.2) is 25.6 Å². The molecule has 0 atom stereocenters. The van der Waals surface area contributed by atoms with E-state index in [-0.39, 0.29) is 6.61 Å². The Hall–Kier alpha value is -2.02. The van der Waals surface area contributed by atoms with Crippen molar-refractivity contribution in [3.8, 4) is 5.75 Å². The number of hydrogen-bond acceptors (Lipinski definition) is 6. The minimum atomic E-state index is -0.0122. The molecule has 0 radical (unpaired) electrons. The van der Waals surface area contributed by atoms with Gasteiger partial charge < -0.3 is 15.2 Å². The van der Waals surface area contributed by atoms with E-state index in [9.17, 15) is 4.79 Å². The van der Waals surface area contributed by atoms with Gasteiger partial charge in [0, 0.05) is 24.4 Å². The predicted molar refractivity (Wildman–Crippen MR) is 90.3 cm³/mol. The SMILES string of the molecule is CNc1ccc(SN)c(OC)c1.O=Cc1cccc(CO)c1. The van der Waals surface area contributed by atoms with Gasteiger partial charge in [0.25, 0.3) is 0 Å². The summed E-state index contributed by atoms with van der Waals surface area (Å²) in [5, 5.41) is 17.1. The zero-order chi connectivity index (χ0) is 16.4. The number of aliphatic hydroxyl groups excluding tert-OH is 1. The number of ether oxygens (including phenoxy) is 1. The van der Waals surface area contributed by atoms with Crippen molar-refractivity contribution in [1.82, 2.24) is 0 Å². The van der Waals surface area contributed by atoms with E-state index in [2.05, 4.69) is 5.32 Å². The molecule has 0 saturated carbocycles. The summed E-state index contributed by atoms with van der Waals surface area (Å²) in [5.41, 5.74) is 2.39. The van der Waals surface area contributed by atoms with Crippen LogP contribution in [0.2, 0.25) is 0 Å². The maximum Gasteiger partial charge on any atom is 0.150 e. The van der Waals surface area contributed by atoms with Crippen molar-refractivity contribution in [2.24, 2.45) is 5.14 Å². The molecule has 0 unspecified atom stereocenters. The number of aldehydes is 1. The first kappa shape index (κ1) is 18.0. The minimum Gasteiger partial charge on any atom is -0.495 e. The number of anilines is 1. The molecule has 6 heteroatoms. The molecule has 0 aliphatic heterocycles. The van der Waals surface area contributed by atoms with Crippen molar-refractivity contribution in [3.05, 3.63) is 53.6 Å². The Kier molecular flexibility index (Phi) is 8.06. The van der Waals surface area contributed by atoms with Crippen molar-refractivity contribution < 1.29 is 14.6 Å². The number of carbonyl (C=O) groups excluding carboxylic acids is 1.